The smallest absolute Gasteiger partial charge is 0.263 e. The van der Waals surface area contributed by atoms with Gasteiger partial charge in [-0.15, -0.1) is 10.2 Å². The molecular formula is C17H20N4O4S. The van der Waals surface area contributed by atoms with Crippen LogP contribution in [0.5, 0.6) is 11.5 Å². The first-order valence-corrected chi connectivity index (χ1v) is 10.0. The lowest BCUT2D eigenvalue weighted by atomic mass is 10.0. The van der Waals surface area contributed by atoms with Crippen molar-refractivity contribution in [3.8, 4) is 11.5 Å². The van der Waals surface area contributed by atoms with Crippen molar-refractivity contribution in [3.05, 3.63) is 30.3 Å². The van der Waals surface area contributed by atoms with Crippen molar-refractivity contribution in [1.82, 2.24) is 10.2 Å². The third-order valence-electron chi connectivity index (χ3n) is 4.52. The molecule has 0 spiro atoms. The van der Waals surface area contributed by atoms with Crippen LogP contribution in [0.4, 0.5) is 11.6 Å². The van der Waals surface area contributed by atoms with E-state index >= 15 is 0 Å². The number of fused-ring (bicyclic) bond motifs is 1. The molecule has 2 aliphatic heterocycles. The van der Waals surface area contributed by atoms with Gasteiger partial charge in [-0.25, -0.2) is 8.42 Å². The van der Waals surface area contributed by atoms with Gasteiger partial charge >= 0.3 is 0 Å². The van der Waals surface area contributed by atoms with Gasteiger partial charge in [-0.2, -0.15) is 0 Å². The monoisotopic (exact) mass is 376 g/mol. The summed E-state index contributed by atoms with van der Waals surface area (Å²) in [7, 11) is -3.78. The largest absolute Gasteiger partial charge is 0.454 e. The lowest BCUT2D eigenvalue weighted by molar-refractivity contribution is 0.174. The Hall–Kier alpha value is -2.55. The third kappa shape index (κ3) is 3.39. The molecule has 26 heavy (non-hydrogen) atoms. The highest BCUT2D eigenvalue weighted by molar-refractivity contribution is 7.92. The first kappa shape index (κ1) is 16.9. The maximum atomic E-state index is 12.5. The molecule has 3 heterocycles. The van der Waals surface area contributed by atoms with Crippen LogP contribution >= 0.6 is 0 Å². The van der Waals surface area contributed by atoms with Crippen molar-refractivity contribution < 1.29 is 17.9 Å². The quantitative estimate of drug-likeness (QED) is 0.874. The van der Waals surface area contributed by atoms with E-state index < -0.39 is 10.0 Å². The SMILES string of the molecule is CC1CCCN(c2ccc(NS(=O)(=O)c3ccc4c(c3)OCO4)nn2)C1. The van der Waals surface area contributed by atoms with Gasteiger partial charge in [0.05, 0.1) is 4.90 Å². The summed E-state index contributed by atoms with van der Waals surface area (Å²) in [4.78, 5) is 2.26. The number of piperidine rings is 1. The second-order valence-corrected chi connectivity index (χ2v) is 8.27. The van der Waals surface area contributed by atoms with Gasteiger partial charge in [0.15, 0.2) is 23.1 Å². The van der Waals surface area contributed by atoms with Gasteiger partial charge < -0.3 is 14.4 Å². The lowest BCUT2D eigenvalue weighted by Gasteiger charge is -2.31. The van der Waals surface area contributed by atoms with E-state index in [1.165, 1.54) is 18.6 Å². The predicted octanol–water partition coefficient (Wildman–Crippen LogP) is 2.24. The highest BCUT2D eigenvalue weighted by Crippen LogP contribution is 2.34. The van der Waals surface area contributed by atoms with Gasteiger partial charge in [0.2, 0.25) is 6.79 Å². The first-order chi connectivity index (χ1) is 12.5. The zero-order chi connectivity index (χ0) is 18.1. The van der Waals surface area contributed by atoms with E-state index in [1.54, 1.807) is 18.2 Å². The maximum Gasteiger partial charge on any atom is 0.263 e. The van der Waals surface area contributed by atoms with Gasteiger partial charge in [0.1, 0.15) is 0 Å². The maximum absolute atomic E-state index is 12.5. The Kier molecular flexibility index (Phi) is 4.31. The Labute approximate surface area is 152 Å². The summed E-state index contributed by atoms with van der Waals surface area (Å²) >= 11 is 0. The fourth-order valence-corrected chi connectivity index (χ4v) is 4.20. The van der Waals surface area contributed by atoms with E-state index in [1.807, 2.05) is 0 Å². The molecule has 0 amide bonds. The molecular weight excluding hydrogens is 356 g/mol. The Morgan fingerprint density at radius 3 is 2.77 bits per heavy atom. The molecule has 1 unspecified atom stereocenters. The van der Waals surface area contributed by atoms with Crippen molar-refractivity contribution in [2.24, 2.45) is 5.92 Å². The summed E-state index contributed by atoms with van der Waals surface area (Å²) in [6, 6.07) is 7.90. The van der Waals surface area contributed by atoms with Gasteiger partial charge in [0.25, 0.3) is 10.0 Å². The minimum absolute atomic E-state index is 0.0810. The number of hydrogen-bond acceptors (Lipinski definition) is 7. The summed E-state index contributed by atoms with van der Waals surface area (Å²) in [5, 5.41) is 8.20. The molecule has 0 saturated carbocycles. The molecule has 1 atom stereocenters. The van der Waals surface area contributed by atoms with Crippen LogP contribution in [0.15, 0.2) is 35.2 Å². The number of rotatable bonds is 4. The fraction of sp³-hybridized carbons (Fsp3) is 0.412. The normalized spacial score (nSPS) is 19.4. The van der Waals surface area contributed by atoms with Crippen LogP contribution in [0, 0.1) is 5.92 Å². The second-order valence-electron chi connectivity index (χ2n) is 6.59. The number of benzene rings is 1. The molecule has 2 aromatic rings. The molecule has 0 radical (unpaired) electrons. The van der Waals surface area contributed by atoms with Crippen LogP contribution in [0.25, 0.3) is 0 Å². The number of ether oxygens (including phenoxy) is 2. The van der Waals surface area contributed by atoms with Crippen LogP contribution in [0.2, 0.25) is 0 Å². The molecule has 8 nitrogen and oxygen atoms in total. The zero-order valence-electron chi connectivity index (χ0n) is 14.4. The van der Waals surface area contributed by atoms with Crippen molar-refractivity contribution in [1.29, 1.82) is 0 Å². The fourth-order valence-electron chi connectivity index (χ4n) is 3.19. The molecule has 9 heteroatoms. The van der Waals surface area contributed by atoms with E-state index in [9.17, 15) is 8.42 Å². The minimum atomic E-state index is -3.78. The first-order valence-electron chi connectivity index (χ1n) is 8.52. The molecule has 1 saturated heterocycles. The summed E-state index contributed by atoms with van der Waals surface area (Å²) in [5.41, 5.74) is 0. The Balaban J connectivity index is 1.49. The van der Waals surface area contributed by atoms with Crippen molar-refractivity contribution >= 4 is 21.7 Å². The summed E-state index contributed by atoms with van der Waals surface area (Å²) in [6.07, 6.45) is 2.35. The zero-order valence-corrected chi connectivity index (χ0v) is 15.2. The molecule has 1 aromatic heterocycles. The van der Waals surface area contributed by atoms with E-state index in [0.717, 1.165) is 25.3 Å². The third-order valence-corrected chi connectivity index (χ3v) is 5.88. The van der Waals surface area contributed by atoms with Crippen LogP contribution < -0.4 is 19.1 Å². The van der Waals surface area contributed by atoms with E-state index in [0.29, 0.717) is 17.4 Å². The summed E-state index contributed by atoms with van der Waals surface area (Å²) in [5.74, 6) is 2.51. The topological polar surface area (TPSA) is 93.7 Å². The molecule has 4 rings (SSSR count). The van der Waals surface area contributed by atoms with E-state index in [2.05, 4.69) is 26.7 Å². The van der Waals surface area contributed by atoms with E-state index in [4.69, 9.17) is 9.47 Å². The Morgan fingerprint density at radius 1 is 1.15 bits per heavy atom. The molecule has 1 aromatic carbocycles. The standard InChI is InChI=1S/C17H20N4O4S/c1-12-3-2-8-21(10-12)17-7-6-16(18-19-17)20-26(22,23)13-4-5-14-15(9-13)25-11-24-14/h4-7,9,12H,2-3,8,10-11H2,1H3,(H,18,20). The number of nitrogens with zero attached hydrogens (tertiary/aromatic N) is 3. The van der Waals surface area contributed by atoms with Crippen LogP contribution in [-0.2, 0) is 10.0 Å². The molecule has 138 valence electrons. The minimum Gasteiger partial charge on any atom is -0.454 e. The van der Waals surface area contributed by atoms with Gasteiger partial charge in [-0.05, 0) is 43.0 Å². The van der Waals surface area contributed by atoms with Crippen molar-refractivity contribution in [2.45, 2.75) is 24.7 Å². The van der Waals surface area contributed by atoms with Gasteiger partial charge in [-0.3, -0.25) is 4.72 Å². The van der Waals surface area contributed by atoms with E-state index in [-0.39, 0.29) is 17.5 Å². The number of aromatic nitrogens is 2. The molecule has 1 fully saturated rings. The Bertz CT molecular complexity index is 901. The number of hydrogen-bond donors (Lipinski definition) is 1. The summed E-state index contributed by atoms with van der Waals surface area (Å²) in [6.45, 7) is 4.19. The average Bonchev–Trinajstić information content (AvgIpc) is 3.10. The average molecular weight is 376 g/mol. The highest BCUT2D eigenvalue weighted by atomic mass is 32.2. The molecule has 0 aliphatic carbocycles. The number of nitrogens with one attached hydrogen (secondary N) is 1. The molecule has 1 N–H and O–H groups in total. The lowest BCUT2D eigenvalue weighted by Crippen LogP contribution is -2.34. The van der Waals surface area contributed by atoms with Gasteiger partial charge in [0, 0.05) is 19.2 Å². The van der Waals surface area contributed by atoms with Crippen LogP contribution in [0.1, 0.15) is 19.8 Å². The van der Waals surface area contributed by atoms with Crippen molar-refractivity contribution in [2.75, 3.05) is 29.5 Å². The molecule has 0 bridgehead atoms. The summed E-state index contributed by atoms with van der Waals surface area (Å²) < 4.78 is 38.0. The van der Waals surface area contributed by atoms with Crippen LogP contribution in [0.3, 0.4) is 0 Å². The highest BCUT2D eigenvalue weighted by Gasteiger charge is 2.22. The van der Waals surface area contributed by atoms with Gasteiger partial charge in [-0.1, -0.05) is 6.92 Å². The number of anilines is 2. The molecule has 2 aliphatic rings. The van der Waals surface area contributed by atoms with Crippen molar-refractivity contribution in [3.63, 3.8) is 0 Å². The predicted molar refractivity (Wildman–Crippen MR) is 96.0 cm³/mol. The second kappa shape index (κ2) is 6.64. The van der Waals surface area contributed by atoms with Crippen LogP contribution in [-0.4, -0.2) is 38.5 Å². The Morgan fingerprint density at radius 2 is 2.00 bits per heavy atom. The number of sulfonamides is 1.